The predicted molar refractivity (Wildman–Crippen MR) is 169 cm³/mol. The maximum atomic E-state index is 13.6. The first-order valence-electron chi connectivity index (χ1n) is 13.0. The third-order valence-corrected chi connectivity index (χ3v) is 9.07. The van der Waals surface area contributed by atoms with Gasteiger partial charge in [0, 0.05) is 53.7 Å². The number of halogens is 1. The summed E-state index contributed by atoms with van der Waals surface area (Å²) in [5.74, 6) is -0.171. The van der Waals surface area contributed by atoms with E-state index in [1.54, 1.807) is 29.2 Å². The molecule has 0 fully saturated rings. The number of nitrogens with zero attached hydrogens (tertiary/aromatic N) is 1. The lowest BCUT2D eigenvalue weighted by molar-refractivity contribution is -0.140. The molecule has 0 aliphatic carbocycles. The molecular formula is C33H26ClNO4S2. The number of thiophene rings is 1. The Balaban J connectivity index is 1.40. The number of thioether (sulfide) groups is 1. The van der Waals surface area contributed by atoms with Crippen LogP contribution in [0, 0.1) is 6.92 Å². The fourth-order valence-corrected chi connectivity index (χ4v) is 6.54. The topological polar surface area (TPSA) is 72.8 Å². The molecule has 0 bridgehead atoms. The van der Waals surface area contributed by atoms with E-state index in [9.17, 15) is 14.4 Å². The van der Waals surface area contributed by atoms with Gasteiger partial charge in [0.1, 0.15) is 5.71 Å². The van der Waals surface area contributed by atoms with Crippen molar-refractivity contribution in [3.63, 3.8) is 0 Å². The van der Waals surface area contributed by atoms with Crippen molar-refractivity contribution in [1.82, 2.24) is 0 Å². The Bertz CT molecular complexity index is 1810. The average molecular weight is 600 g/mol. The molecule has 0 saturated carbocycles. The summed E-state index contributed by atoms with van der Waals surface area (Å²) in [6.07, 6.45) is 1.01. The minimum atomic E-state index is -0.587. The van der Waals surface area contributed by atoms with Crippen LogP contribution in [0.4, 0.5) is 0 Å². The van der Waals surface area contributed by atoms with Gasteiger partial charge in [0.25, 0.3) is 0 Å². The molecule has 1 aromatic heterocycles. The maximum absolute atomic E-state index is 13.6. The normalized spacial score (nSPS) is 11.6. The predicted octanol–water partition coefficient (Wildman–Crippen LogP) is 8.92. The molecule has 0 N–H and O–H groups in total. The molecule has 4 aromatic carbocycles. The van der Waals surface area contributed by atoms with Crippen LogP contribution in [0.15, 0.2) is 95.0 Å². The van der Waals surface area contributed by atoms with E-state index in [2.05, 4.69) is 5.16 Å². The lowest BCUT2D eigenvalue weighted by atomic mass is 9.97. The Morgan fingerprint density at radius 3 is 2.22 bits per heavy atom. The van der Waals surface area contributed by atoms with E-state index in [4.69, 9.17) is 16.4 Å². The molecule has 0 radical (unpaired) electrons. The van der Waals surface area contributed by atoms with Crippen molar-refractivity contribution in [2.45, 2.75) is 31.6 Å². The van der Waals surface area contributed by atoms with Crippen molar-refractivity contribution in [2.75, 3.05) is 5.75 Å². The Morgan fingerprint density at radius 1 is 0.878 bits per heavy atom. The van der Waals surface area contributed by atoms with E-state index in [-0.39, 0.29) is 17.3 Å². The van der Waals surface area contributed by atoms with Crippen LogP contribution in [0.5, 0.6) is 0 Å². The summed E-state index contributed by atoms with van der Waals surface area (Å²) in [5, 5.41) is 6.40. The molecule has 0 atom stereocenters. The third-order valence-electron chi connectivity index (χ3n) is 6.57. The molecule has 0 unspecified atom stereocenters. The van der Waals surface area contributed by atoms with E-state index in [1.807, 2.05) is 85.8 Å². The quantitative estimate of drug-likeness (QED) is 0.0400. The number of hydrogen-bond donors (Lipinski definition) is 0. The monoisotopic (exact) mass is 599 g/mol. The van der Waals surface area contributed by atoms with Gasteiger partial charge in [-0.25, -0.2) is 4.79 Å². The molecule has 0 aliphatic heterocycles. The van der Waals surface area contributed by atoms with Crippen LogP contribution in [-0.4, -0.2) is 29.0 Å². The molecule has 8 heteroatoms. The van der Waals surface area contributed by atoms with Gasteiger partial charge in [0.15, 0.2) is 5.78 Å². The van der Waals surface area contributed by atoms with Gasteiger partial charge < -0.3 is 4.84 Å². The van der Waals surface area contributed by atoms with Gasteiger partial charge in [-0.1, -0.05) is 41.0 Å². The molecule has 5 nitrogen and oxygen atoms in total. The summed E-state index contributed by atoms with van der Waals surface area (Å²) in [6.45, 7) is 3.18. The van der Waals surface area contributed by atoms with E-state index < -0.39 is 5.97 Å². The van der Waals surface area contributed by atoms with Crippen molar-refractivity contribution in [2.24, 2.45) is 5.16 Å². The number of Topliss-reactive ketones (excluding diaryl/α,β-unsaturated/α-hetero) is 1. The summed E-state index contributed by atoms with van der Waals surface area (Å²) in [4.78, 5) is 44.3. The summed E-state index contributed by atoms with van der Waals surface area (Å²) in [6, 6.07) is 26.4. The number of ketones is 2. The smallest absolute Gasteiger partial charge is 0.318 e. The fraction of sp³-hybridized carbons (Fsp3) is 0.152. The van der Waals surface area contributed by atoms with E-state index >= 15 is 0 Å². The number of aryl methyl sites for hydroxylation is 1. The Labute approximate surface area is 251 Å². The van der Waals surface area contributed by atoms with Gasteiger partial charge in [0.05, 0.1) is 0 Å². The zero-order valence-corrected chi connectivity index (χ0v) is 24.9. The molecule has 1 heterocycles. The highest BCUT2D eigenvalue weighted by molar-refractivity contribution is 7.99. The first-order valence-corrected chi connectivity index (χ1v) is 15.2. The van der Waals surface area contributed by atoms with Gasteiger partial charge in [-0.3, -0.25) is 9.59 Å². The molecule has 5 rings (SSSR count). The van der Waals surface area contributed by atoms with E-state index in [1.165, 1.54) is 6.92 Å². The van der Waals surface area contributed by atoms with Crippen LogP contribution >= 0.6 is 34.7 Å². The number of oxime groups is 1. The Hall–Kier alpha value is -3.78. The van der Waals surface area contributed by atoms with Gasteiger partial charge in [-0.05, 0) is 91.7 Å². The van der Waals surface area contributed by atoms with Crippen molar-refractivity contribution < 1.29 is 19.2 Å². The molecular weight excluding hydrogens is 574 g/mol. The maximum Gasteiger partial charge on any atom is 0.331 e. The number of carbonyl (C=O) groups is 3. The minimum absolute atomic E-state index is 0.0381. The second-order valence-corrected chi connectivity index (χ2v) is 12.2. The molecule has 0 amide bonds. The zero-order chi connectivity index (χ0) is 28.9. The zero-order valence-electron chi connectivity index (χ0n) is 22.5. The summed E-state index contributed by atoms with van der Waals surface area (Å²) >= 11 is 9.22. The van der Waals surface area contributed by atoms with Crippen LogP contribution in [0.1, 0.15) is 51.6 Å². The average Bonchev–Trinajstić information content (AvgIpc) is 3.34. The molecule has 0 saturated heterocycles. The molecule has 0 spiro atoms. The van der Waals surface area contributed by atoms with Gasteiger partial charge >= 0.3 is 5.97 Å². The van der Waals surface area contributed by atoms with Crippen molar-refractivity contribution >= 4 is 78.1 Å². The number of rotatable bonds is 10. The highest BCUT2D eigenvalue weighted by Gasteiger charge is 2.19. The van der Waals surface area contributed by atoms with Crippen molar-refractivity contribution in [1.29, 1.82) is 0 Å². The number of carbonyl (C=O) groups excluding carboxylic acids is 3. The summed E-state index contributed by atoms with van der Waals surface area (Å²) < 4.78 is 2.04. The first kappa shape index (κ1) is 28.7. The van der Waals surface area contributed by atoms with Crippen molar-refractivity contribution in [3.05, 3.63) is 112 Å². The Kier molecular flexibility index (Phi) is 8.98. The van der Waals surface area contributed by atoms with Crippen LogP contribution in [0.25, 0.3) is 20.2 Å². The molecule has 5 aromatic rings. The summed E-state index contributed by atoms with van der Waals surface area (Å²) in [5.41, 5.74) is 2.82. The lowest BCUT2D eigenvalue weighted by Crippen LogP contribution is -2.16. The number of fused-ring (bicyclic) bond motifs is 3. The Morgan fingerprint density at radius 2 is 1.54 bits per heavy atom. The third kappa shape index (κ3) is 6.76. The largest absolute Gasteiger partial charge is 0.331 e. The second-order valence-electron chi connectivity index (χ2n) is 9.52. The number of benzene rings is 4. The van der Waals surface area contributed by atoms with Gasteiger partial charge in [0.2, 0.25) is 5.78 Å². The van der Waals surface area contributed by atoms with Crippen molar-refractivity contribution in [3.8, 4) is 0 Å². The highest BCUT2D eigenvalue weighted by atomic mass is 35.5. The SMILES string of the molecule is CC(=O)ON=C(CCCSc1ccc(Cl)cc1)C(=O)c1ccc2sc3ccc(C(=O)c4ccccc4C)cc3c2c1. The van der Waals surface area contributed by atoms with Crippen LogP contribution in [-0.2, 0) is 9.63 Å². The highest BCUT2D eigenvalue weighted by Crippen LogP contribution is 2.35. The van der Waals surface area contributed by atoms with Crippen LogP contribution in [0.3, 0.4) is 0 Å². The van der Waals surface area contributed by atoms with Crippen LogP contribution < -0.4 is 0 Å². The standard InChI is InChI=1S/C33H26ClNO4S2/c1-20-6-3-4-7-26(20)32(37)22-9-15-30-27(18-22)28-19-23(10-16-31(28)41-30)33(38)29(35-39-21(2)36)8-5-17-40-25-13-11-24(34)12-14-25/h3-4,6-7,9-16,18-19H,5,8,17H2,1-2H3. The van der Waals surface area contributed by atoms with E-state index in [0.717, 1.165) is 36.4 Å². The molecule has 0 aliphatic rings. The van der Waals surface area contributed by atoms with Gasteiger partial charge in [-0.15, -0.1) is 23.1 Å². The number of hydrogen-bond acceptors (Lipinski definition) is 7. The lowest BCUT2D eigenvalue weighted by Gasteiger charge is -2.07. The summed E-state index contributed by atoms with van der Waals surface area (Å²) in [7, 11) is 0. The second kappa shape index (κ2) is 12.8. The van der Waals surface area contributed by atoms with Gasteiger partial charge in [-0.2, -0.15) is 0 Å². The minimum Gasteiger partial charge on any atom is -0.318 e. The molecule has 206 valence electrons. The first-order chi connectivity index (χ1) is 19.8. The van der Waals surface area contributed by atoms with E-state index in [0.29, 0.717) is 34.6 Å². The fourth-order valence-electron chi connectivity index (χ4n) is 4.49. The van der Waals surface area contributed by atoms with Crippen LogP contribution in [0.2, 0.25) is 5.02 Å². The molecule has 41 heavy (non-hydrogen) atoms.